The molecule has 2 aliphatic heterocycles. The van der Waals surface area contributed by atoms with Gasteiger partial charge in [0.05, 0.1) is 0 Å². The van der Waals surface area contributed by atoms with Gasteiger partial charge < -0.3 is 10.2 Å². The molecule has 2 aliphatic rings. The summed E-state index contributed by atoms with van der Waals surface area (Å²) in [7, 11) is 1.95. The Morgan fingerprint density at radius 2 is 1.97 bits per heavy atom. The predicted molar refractivity (Wildman–Crippen MR) is 129 cm³/mol. The molecular weight excluding hydrogens is 414 g/mol. The SMILES string of the molecule is CCCCNC(=O)c1ccc(CN2CCc3c(c(C(=O)N4CCCC(C)C4)nn3C)C2)cc1. The number of hydrogen-bond acceptors (Lipinski definition) is 4. The van der Waals surface area contributed by atoms with Crippen LogP contribution in [0.4, 0.5) is 0 Å². The molecule has 0 aliphatic carbocycles. The molecule has 7 heteroatoms. The van der Waals surface area contributed by atoms with Crippen molar-refractivity contribution >= 4 is 11.8 Å². The van der Waals surface area contributed by atoms with Crippen molar-refractivity contribution in [2.75, 3.05) is 26.2 Å². The number of carbonyl (C=O) groups excluding carboxylic acids is 2. The first-order valence-corrected chi connectivity index (χ1v) is 12.4. The van der Waals surface area contributed by atoms with E-state index in [0.29, 0.717) is 17.2 Å². The van der Waals surface area contributed by atoms with E-state index in [9.17, 15) is 9.59 Å². The van der Waals surface area contributed by atoms with Crippen molar-refractivity contribution in [2.45, 2.75) is 59.0 Å². The van der Waals surface area contributed by atoms with Crippen LogP contribution in [0.5, 0.6) is 0 Å². The molecule has 4 rings (SSSR count). The third-order valence-corrected chi connectivity index (χ3v) is 6.91. The minimum atomic E-state index is -0.0110. The van der Waals surface area contributed by atoms with Crippen LogP contribution in [0, 0.1) is 5.92 Å². The molecule has 1 atom stereocenters. The number of hydrogen-bond donors (Lipinski definition) is 1. The van der Waals surface area contributed by atoms with E-state index in [-0.39, 0.29) is 11.8 Å². The van der Waals surface area contributed by atoms with E-state index < -0.39 is 0 Å². The van der Waals surface area contributed by atoms with Crippen molar-refractivity contribution in [2.24, 2.45) is 13.0 Å². The van der Waals surface area contributed by atoms with Crippen LogP contribution < -0.4 is 5.32 Å². The Bertz CT molecular complexity index is 981. The van der Waals surface area contributed by atoms with Gasteiger partial charge >= 0.3 is 0 Å². The highest BCUT2D eigenvalue weighted by molar-refractivity contribution is 5.94. The third-order valence-electron chi connectivity index (χ3n) is 6.91. The molecule has 1 saturated heterocycles. The molecule has 0 radical (unpaired) electrons. The number of benzene rings is 1. The fourth-order valence-corrected chi connectivity index (χ4v) is 4.98. The number of nitrogens with one attached hydrogen (secondary N) is 1. The lowest BCUT2D eigenvalue weighted by Gasteiger charge is -2.31. The van der Waals surface area contributed by atoms with Crippen LogP contribution >= 0.6 is 0 Å². The van der Waals surface area contributed by atoms with E-state index in [1.54, 1.807) is 0 Å². The molecule has 7 nitrogen and oxygen atoms in total. The van der Waals surface area contributed by atoms with Gasteiger partial charge in [0, 0.05) is 69.6 Å². The van der Waals surface area contributed by atoms with Crippen LogP contribution in [0.25, 0.3) is 0 Å². The van der Waals surface area contributed by atoms with Gasteiger partial charge in [0.1, 0.15) is 0 Å². The normalized spacial score (nSPS) is 18.8. The summed E-state index contributed by atoms with van der Waals surface area (Å²) < 4.78 is 1.90. The van der Waals surface area contributed by atoms with Crippen molar-refractivity contribution in [3.8, 4) is 0 Å². The van der Waals surface area contributed by atoms with Crippen LogP contribution in [-0.4, -0.2) is 57.6 Å². The zero-order valence-electron chi connectivity index (χ0n) is 20.3. The zero-order valence-corrected chi connectivity index (χ0v) is 20.3. The molecule has 1 aromatic carbocycles. The van der Waals surface area contributed by atoms with Gasteiger partial charge in [0.15, 0.2) is 5.69 Å². The lowest BCUT2D eigenvalue weighted by molar-refractivity contribution is 0.0673. The molecule has 1 fully saturated rings. The second kappa shape index (κ2) is 10.5. The second-order valence-corrected chi connectivity index (χ2v) is 9.66. The number of amides is 2. The van der Waals surface area contributed by atoms with Gasteiger partial charge in [-0.05, 0) is 42.9 Å². The van der Waals surface area contributed by atoms with E-state index in [2.05, 4.69) is 29.2 Å². The Hall–Kier alpha value is -2.67. The topological polar surface area (TPSA) is 70.5 Å². The van der Waals surface area contributed by atoms with Crippen LogP contribution in [0.3, 0.4) is 0 Å². The average molecular weight is 452 g/mol. The van der Waals surface area contributed by atoms with Gasteiger partial charge in [-0.3, -0.25) is 19.2 Å². The van der Waals surface area contributed by atoms with Crippen LogP contribution in [0.2, 0.25) is 0 Å². The number of likely N-dealkylation sites (tertiary alicyclic amines) is 1. The summed E-state index contributed by atoms with van der Waals surface area (Å²) in [6, 6.07) is 7.88. The average Bonchev–Trinajstić information content (AvgIpc) is 3.15. The molecule has 0 saturated carbocycles. The monoisotopic (exact) mass is 451 g/mol. The molecule has 2 amide bonds. The van der Waals surface area contributed by atoms with E-state index in [1.807, 2.05) is 40.9 Å². The Labute approximate surface area is 197 Å². The summed E-state index contributed by atoms with van der Waals surface area (Å²) in [5, 5.41) is 7.62. The maximum Gasteiger partial charge on any atom is 0.274 e. The Kier molecular flexibility index (Phi) is 7.48. The standard InChI is InChI=1S/C26H37N5O2/c1-4-5-13-27-25(32)21-10-8-20(9-11-21)17-30-15-12-23-22(18-30)24(28-29(23)3)26(33)31-14-6-7-19(2)16-31/h8-11,19H,4-7,12-18H2,1-3H3,(H,27,32). The fraction of sp³-hybridized carbons (Fsp3) is 0.577. The summed E-state index contributed by atoms with van der Waals surface area (Å²) in [5.74, 6) is 0.622. The zero-order chi connectivity index (χ0) is 23.4. The van der Waals surface area contributed by atoms with E-state index in [1.165, 1.54) is 17.7 Å². The summed E-state index contributed by atoms with van der Waals surface area (Å²) in [6.45, 7) is 9.16. The van der Waals surface area contributed by atoms with E-state index >= 15 is 0 Å². The van der Waals surface area contributed by atoms with Gasteiger partial charge in [0.2, 0.25) is 0 Å². The predicted octanol–water partition coefficient (Wildman–Crippen LogP) is 3.38. The summed E-state index contributed by atoms with van der Waals surface area (Å²) in [4.78, 5) is 29.9. The Balaban J connectivity index is 1.41. The Morgan fingerprint density at radius 1 is 1.18 bits per heavy atom. The minimum Gasteiger partial charge on any atom is -0.352 e. The molecule has 1 N–H and O–H groups in total. The molecule has 0 spiro atoms. The van der Waals surface area contributed by atoms with Gasteiger partial charge in [0.25, 0.3) is 11.8 Å². The smallest absolute Gasteiger partial charge is 0.274 e. The number of aryl methyl sites for hydroxylation is 1. The second-order valence-electron chi connectivity index (χ2n) is 9.66. The molecule has 1 unspecified atom stereocenters. The van der Waals surface area contributed by atoms with Crippen molar-refractivity contribution in [3.05, 3.63) is 52.3 Å². The van der Waals surface area contributed by atoms with Crippen molar-refractivity contribution in [3.63, 3.8) is 0 Å². The molecule has 178 valence electrons. The summed E-state index contributed by atoms with van der Waals surface area (Å²) in [5.41, 5.74) is 4.76. The number of fused-ring (bicyclic) bond motifs is 1. The molecule has 0 bridgehead atoms. The molecular formula is C26H37N5O2. The van der Waals surface area contributed by atoms with Crippen LogP contribution in [-0.2, 0) is 26.6 Å². The fourth-order valence-electron chi connectivity index (χ4n) is 4.98. The minimum absolute atomic E-state index is 0.0110. The maximum atomic E-state index is 13.3. The number of aromatic nitrogens is 2. The summed E-state index contributed by atoms with van der Waals surface area (Å²) in [6.07, 6.45) is 5.22. The lowest BCUT2D eigenvalue weighted by Crippen LogP contribution is -2.40. The van der Waals surface area contributed by atoms with Crippen molar-refractivity contribution in [1.29, 1.82) is 0 Å². The third kappa shape index (κ3) is 5.46. The Morgan fingerprint density at radius 3 is 2.70 bits per heavy atom. The quantitative estimate of drug-likeness (QED) is 0.655. The summed E-state index contributed by atoms with van der Waals surface area (Å²) >= 11 is 0. The van der Waals surface area contributed by atoms with Crippen LogP contribution in [0.1, 0.15) is 77.2 Å². The largest absolute Gasteiger partial charge is 0.352 e. The van der Waals surface area contributed by atoms with Gasteiger partial charge in [-0.15, -0.1) is 0 Å². The molecule has 3 heterocycles. The first-order chi connectivity index (χ1) is 16.0. The molecule has 2 aromatic rings. The van der Waals surface area contributed by atoms with E-state index in [4.69, 9.17) is 0 Å². The molecule has 1 aromatic heterocycles. The van der Waals surface area contributed by atoms with Gasteiger partial charge in [-0.2, -0.15) is 5.10 Å². The first kappa shape index (κ1) is 23.5. The number of nitrogens with zero attached hydrogens (tertiary/aromatic N) is 4. The lowest BCUT2D eigenvalue weighted by atomic mass is 9.99. The number of piperidine rings is 1. The van der Waals surface area contributed by atoms with Crippen molar-refractivity contribution in [1.82, 2.24) is 24.9 Å². The maximum absolute atomic E-state index is 13.3. The number of carbonyl (C=O) groups is 2. The number of unbranched alkanes of at least 4 members (excludes halogenated alkanes) is 1. The highest BCUT2D eigenvalue weighted by Gasteiger charge is 2.31. The van der Waals surface area contributed by atoms with Crippen molar-refractivity contribution < 1.29 is 9.59 Å². The van der Waals surface area contributed by atoms with E-state index in [0.717, 1.165) is 70.5 Å². The number of rotatable bonds is 7. The van der Waals surface area contributed by atoms with Gasteiger partial charge in [-0.25, -0.2) is 0 Å². The van der Waals surface area contributed by atoms with Crippen LogP contribution in [0.15, 0.2) is 24.3 Å². The highest BCUT2D eigenvalue weighted by atomic mass is 16.2. The first-order valence-electron chi connectivity index (χ1n) is 12.4. The molecule has 33 heavy (non-hydrogen) atoms. The highest BCUT2D eigenvalue weighted by Crippen LogP contribution is 2.26. The van der Waals surface area contributed by atoms with Gasteiger partial charge in [-0.1, -0.05) is 32.4 Å².